The van der Waals surface area contributed by atoms with Gasteiger partial charge in [-0.15, -0.1) is 0 Å². The minimum atomic E-state index is -0.750. The number of barbiturate groups is 1. The summed E-state index contributed by atoms with van der Waals surface area (Å²) in [5, 5.41) is 2.43. The Morgan fingerprint density at radius 1 is 0.740 bits per heavy atom. The number of rotatable bonds is 7. The Balaban J connectivity index is 1.15. The van der Waals surface area contributed by atoms with Gasteiger partial charge >= 0.3 is 6.03 Å². The van der Waals surface area contributed by atoms with E-state index in [0.29, 0.717) is 23.6 Å². The summed E-state index contributed by atoms with van der Waals surface area (Å²) in [7, 11) is 0. The summed E-state index contributed by atoms with van der Waals surface area (Å²) in [4.78, 5) is 44.5. The predicted octanol–water partition coefficient (Wildman–Crippen LogP) is 8.12. The second kappa shape index (κ2) is 13.2. The van der Waals surface area contributed by atoms with Gasteiger partial charge in [0.1, 0.15) is 17.9 Å². The van der Waals surface area contributed by atoms with E-state index >= 15 is 0 Å². The molecule has 50 heavy (non-hydrogen) atoms. The highest BCUT2D eigenvalue weighted by Gasteiger charge is 2.40. The molecule has 5 aromatic carbocycles. The first-order valence-corrected chi connectivity index (χ1v) is 17.2. The molecular formula is C43H37N3O4. The third-order valence-electron chi connectivity index (χ3n) is 10.0. The van der Waals surface area contributed by atoms with Gasteiger partial charge in [0.05, 0.1) is 5.69 Å². The van der Waals surface area contributed by atoms with E-state index in [1.807, 2.05) is 61.5 Å². The molecule has 1 saturated heterocycles. The number of nitrogens with one attached hydrogen (secondary N) is 1. The number of urea groups is 1. The molecule has 0 aliphatic carbocycles. The summed E-state index contributed by atoms with van der Waals surface area (Å²) in [5.41, 5.74) is 9.02. The van der Waals surface area contributed by atoms with Crippen molar-refractivity contribution in [1.29, 1.82) is 0 Å². The van der Waals surface area contributed by atoms with Gasteiger partial charge in [-0.25, -0.2) is 9.69 Å². The second-order valence-electron chi connectivity index (χ2n) is 13.3. The van der Waals surface area contributed by atoms with Crippen LogP contribution in [-0.4, -0.2) is 30.9 Å². The lowest BCUT2D eigenvalue weighted by molar-refractivity contribution is -0.122. The van der Waals surface area contributed by atoms with Gasteiger partial charge in [0.2, 0.25) is 0 Å². The normalized spacial score (nSPS) is 19.3. The third-order valence-corrected chi connectivity index (χ3v) is 10.0. The van der Waals surface area contributed by atoms with E-state index in [2.05, 4.69) is 64.8 Å². The second-order valence-corrected chi connectivity index (χ2v) is 13.3. The molecule has 7 nitrogen and oxygen atoms in total. The first-order chi connectivity index (χ1) is 24.4. The van der Waals surface area contributed by atoms with Gasteiger partial charge in [-0.3, -0.25) is 14.9 Å². The largest absolute Gasteiger partial charge is 0.489 e. The summed E-state index contributed by atoms with van der Waals surface area (Å²) in [5.74, 6) is -0.501. The third kappa shape index (κ3) is 5.96. The lowest BCUT2D eigenvalue weighted by Gasteiger charge is -2.44. The van der Waals surface area contributed by atoms with Crippen LogP contribution in [0.1, 0.15) is 63.6 Å². The first-order valence-electron chi connectivity index (χ1n) is 17.2. The number of nitrogens with zero attached hydrogens (tertiary/aromatic N) is 2. The monoisotopic (exact) mass is 659 g/mol. The molecule has 8 rings (SSSR count). The molecule has 3 heterocycles. The van der Waals surface area contributed by atoms with E-state index in [4.69, 9.17) is 4.74 Å². The summed E-state index contributed by atoms with van der Waals surface area (Å²) in [6.45, 7) is 4.33. The Hall–Kier alpha value is -5.95. The van der Waals surface area contributed by atoms with E-state index in [-0.39, 0.29) is 17.4 Å². The zero-order valence-corrected chi connectivity index (χ0v) is 27.8. The minimum Gasteiger partial charge on any atom is -0.489 e. The zero-order chi connectivity index (χ0) is 34.2. The van der Waals surface area contributed by atoms with E-state index < -0.39 is 17.8 Å². The van der Waals surface area contributed by atoms with E-state index in [1.165, 1.54) is 28.5 Å². The number of aryl methyl sites for hydroxylation is 1. The average Bonchev–Trinajstić information content (AvgIpc) is 3.14. The van der Waals surface area contributed by atoms with Crippen molar-refractivity contribution in [2.24, 2.45) is 0 Å². The topological polar surface area (TPSA) is 79.0 Å². The van der Waals surface area contributed by atoms with Crippen LogP contribution in [0.4, 0.5) is 16.2 Å². The Morgan fingerprint density at radius 3 is 1.96 bits per heavy atom. The molecule has 3 aliphatic heterocycles. The maximum Gasteiger partial charge on any atom is 0.335 e. The molecule has 0 bridgehead atoms. The predicted molar refractivity (Wildman–Crippen MR) is 195 cm³/mol. The molecule has 1 N–H and O–H groups in total. The number of ether oxygens (including phenoxy) is 1. The summed E-state index contributed by atoms with van der Waals surface area (Å²) >= 11 is 0. The van der Waals surface area contributed by atoms with Crippen LogP contribution >= 0.6 is 0 Å². The number of anilines is 2. The fourth-order valence-electron chi connectivity index (χ4n) is 7.66. The zero-order valence-electron chi connectivity index (χ0n) is 27.8. The fourth-order valence-corrected chi connectivity index (χ4v) is 7.66. The number of hydrogen-bond acceptors (Lipinski definition) is 5. The molecule has 4 amide bonds. The molecular weight excluding hydrogens is 622 g/mol. The molecule has 0 radical (unpaired) electrons. The molecule has 0 spiro atoms. The van der Waals surface area contributed by atoms with Gasteiger partial charge in [0.25, 0.3) is 11.8 Å². The van der Waals surface area contributed by atoms with Crippen molar-refractivity contribution < 1.29 is 19.1 Å². The van der Waals surface area contributed by atoms with Crippen molar-refractivity contribution in [3.05, 3.63) is 166 Å². The van der Waals surface area contributed by atoms with Crippen LogP contribution < -0.4 is 19.9 Å². The van der Waals surface area contributed by atoms with Crippen molar-refractivity contribution in [1.82, 2.24) is 5.32 Å². The van der Waals surface area contributed by atoms with Crippen LogP contribution in [0.15, 0.2) is 127 Å². The van der Waals surface area contributed by atoms with Crippen molar-refractivity contribution in [2.75, 3.05) is 22.9 Å². The smallest absolute Gasteiger partial charge is 0.335 e. The Morgan fingerprint density at radius 2 is 1.36 bits per heavy atom. The van der Waals surface area contributed by atoms with Gasteiger partial charge in [-0.1, -0.05) is 103 Å². The highest BCUT2D eigenvalue weighted by molar-refractivity contribution is 6.39. The molecule has 0 saturated carbocycles. The van der Waals surface area contributed by atoms with E-state index in [1.54, 1.807) is 12.1 Å². The maximum atomic E-state index is 14.2. The molecule has 7 heteroatoms. The van der Waals surface area contributed by atoms with E-state index in [0.717, 1.165) is 47.5 Å². The Kier molecular flexibility index (Phi) is 8.25. The van der Waals surface area contributed by atoms with Crippen LogP contribution in [0.3, 0.4) is 0 Å². The molecule has 2 atom stereocenters. The number of carbonyl (C=O) groups is 3. The SMILES string of the molecule is Cc1cccc(COc2ccc(/C=C3\C(=O)NC(=O)N(c4cc5c6c(c4)[C@H](c4ccccc4)CCN6CC[C@@H]5c4ccccc4)C3=O)cc2)c1. The molecule has 0 unspecified atom stereocenters. The number of hydrogen-bond donors (Lipinski definition) is 1. The van der Waals surface area contributed by atoms with Crippen LogP contribution in [0, 0.1) is 6.92 Å². The van der Waals surface area contributed by atoms with E-state index in [9.17, 15) is 14.4 Å². The fraction of sp³-hybridized carbons (Fsp3) is 0.186. The quantitative estimate of drug-likeness (QED) is 0.141. The van der Waals surface area contributed by atoms with Gasteiger partial charge in [0, 0.05) is 30.6 Å². The van der Waals surface area contributed by atoms with Crippen LogP contribution in [-0.2, 0) is 16.2 Å². The van der Waals surface area contributed by atoms with Gasteiger partial charge < -0.3 is 9.64 Å². The van der Waals surface area contributed by atoms with Crippen molar-refractivity contribution >= 4 is 35.3 Å². The summed E-state index contributed by atoms with van der Waals surface area (Å²) < 4.78 is 5.96. The minimum absolute atomic E-state index is 0.0990. The molecule has 5 aromatic rings. The van der Waals surface area contributed by atoms with Crippen molar-refractivity contribution in [2.45, 2.75) is 38.2 Å². The molecule has 0 aromatic heterocycles. The summed E-state index contributed by atoms with van der Waals surface area (Å²) in [6.07, 6.45) is 3.37. The standard InChI is InChI=1S/C43H37N3O4/c1-28-9-8-10-30(23-28)27-50-34-17-15-29(16-18-34)24-39-41(47)44-43(49)46(42(39)48)33-25-37-35(31-11-4-2-5-12-31)19-21-45-22-20-36(38(26-33)40(37)45)32-13-6-3-7-14-32/h2-18,23-26,35-36H,19-22,27H2,1H3,(H,44,47,49)/b39-24+/t35-,36+. The van der Waals surface area contributed by atoms with Crippen molar-refractivity contribution in [3.63, 3.8) is 0 Å². The lowest BCUT2D eigenvalue weighted by atomic mass is 9.76. The Labute approximate surface area is 291 Å². The maximum absolute atomic E-state index is 14.2. The average molecular weight is 660 g/mol. The first kappa shape index (κ1) is 31.3. The number of imide groups is 2. The molecule has 3 aliphatic rings. The van der Waals surface area contributed by atoms with Gasteiger partial charge in [-0.2, -0.15) is 0 Å². The number of carbonyl (C=O) groups excluding carboxylic acids is 3. The van der Waals surface area contributed by atoms with Crippen LogP contribution in [0.2, 0.25) is 0 Å². The molecule has 248 valence electrons. The highest BCUT2D eigenvalue weighted by atomic mass is 16.5. The summed E-state index contributed by atoms with van der Waals surface area (Å²) in [6, 6.07) is 39.4. The Bertz CT molecular complexity index is 2050. The van der Waals surface area contributed by atoms with Crippen LogP contribution in [0.5, 0.6) is 5.75 Å². The number of amides is 4. The lowest BCUT2D eigenvalue weighted by Crippen LogP contribution is -2.54. The van der Waals surface area contributed by atoms with Crippen LogP contribution in [0.25, 0.3) is 6.08 Å². The van der Waals surface area contributed by atoms with Crippen molar-refractivity contribution in [3.8, 4) is 5.75 Å². The van der Waals surface area contributed by atoms with Gasteiger partial charge in [0.15, 0.2) is 0 Å². The van der Waals surface area contributed by atoms with Gasteiger partial charge in [-0.05, 0) is 83.5 Å². The number of benzene rings is 5. The highest BCUT2D eigenvalue weighted by Crippen LogP contribution is 2.50. The molecule has 1 fully saturated rings.